The number of H-pyrrole nitrogens is 1. The molecule has 3 N–H and O–H groups in total. The molecule has 1 aliphatic heterocycles. The molecule has 1 saturated carbocycles. The number of nitrogens with one attached hydrogen (secondary N) is 3. The van der Waals surface area contributed by atoms with Crippen LogP contribution in [0.2, 0.25) is 0 Å². The molecule has 5 heteroatoms. The second-order valence-electron chi connectivity index (χ2n) is 11.1. The van der Waals surface area contributed by atoms with Crippen LogP contribution >= 0.6 is 22.6 Å². The number of benzene rings is 1. The van der Waals surface area contributed by atoms with Gasteiger partial charge in [0.1, 0.15) is 0 Å². The largest absolute Gasteiger partial charge is 0.372 e. The van der Waals surface area contributed by atoms with Gasteiger partial charge in [-0.15, -0.1) is 6.58 Å². The molecule has 1 aromatic heterocycles. The minimum atomic E-state index is 0.102. The molecule has 1 fully saturated rings. The molecule has 2 atom stereocenters. The van der Waals surface area contributed by atoms with E-state index in [0.29, 0.717) is 11.3 Å². The Hall–Kier alpha value is -2.54. The summed E-state index contributed by atoms with van der Waals surface area (Å²) in [5.74, 6) is 0.358. The molecule has 4 nitrogen and oxygen atoms in total. The Morgan fingerprint density at radius 1 is 1.19 bits per heavy atom. The zero-order valence-electron chi connectivity index (χ0n) is 22.3. The molecule has 0 bridgehead atoms. The zero-order valence-corrected chi connectivity index (χ0v) is 24.4. The van der Waals surface area contributed by atoms with E-state index in [2.05, 4.69) is 95.2 Å². The summed E-state index contributed by atoms with van der Waals surface area (Å²) in [4.78, 5) is 16.1. The molecule has 2 aromatic rings. The number of halogens is 1. The van der Waals surface area contributed by atoms with Gasteiger partial charge in [0.2, 0.25) is 0 Å². The molecule has 2 aliphatic carbocycles. The summed E-state index contributed by atoms with van der Waals surface area (Å²) < 4.78 is 1.41. The number of aryl methyl sites for hydroxylation is 1. The van der Waals surface area contributed by atoms with Crippen LogP contribution in [0.15, 0.2) is 80.0 Å². The highest BCUT2D eigenvalue weighted by atomic mass is 127. The van der Waals surface area contributed by atoms with Gasteiger partial charge in [-0.05, 0) is 113 Å². The average Bonchev–Trinajstić information content (AvgIpc) is 3.54. The van der Waals surface area contributed by atoms with Gasteiger partial charge in [0.05, 0.1) is 6.67 Å². The van der Waals surface area contributed by atoms with Crippen molar-refractivity contribution in [3.63, 3.8) is 0 Å². The van der Waals surface area contributed by atoms with E-state index in [1.165, 1.54) is 32.4 Å². The highest BCUT2D eigenvalue weighted by molar-refractivity contribution is 14.1. The van der Waals surface area contributed by atoms with Gasteiger partial charge in [-0.3, -0.25) is 4.79 Å². The maximum absolute atomic E-state index is 12.7. The van der Waals surface area contributed by atoms with E-state index < -0.39 is 0 Å². The van der Waals surface area contributed by atoms with E-state index >= 15 is 0 Å². The van der Waals surface area contributed by atoms with E-state index in [9.17, 15) is 4.79 Å². The van der Waals surface area contributed by atoms with E-state index in [4.69, 9.17) is 0 Å². The quantitative estimate of drug-likeness (QED) is 0.212. The number of aromatic nitrogens is 1. The van der Waals surface area contributed by atoms with Crippen molar-refractivity contribution in [1.29, 1.82) is 0 Å². The lowest BCUT2D eigenvalue weighted by molar-refractivity contribution is 0.340. The normalized spacial score (nSPS) is 22.6. The Morgan fingerprint density at radius 2 is 2.00 bits per heavy atom. The fourth-order valence-corrected chi connectivity index (χ4v) is 7.08. The molecule has 0 radical (unpaired) electrons. The van der Waals surface area contributed by atoms with Crippen molar-refractivity contribution in [2.45, 2.75) is 65.7 Å². The minimum absolute atomic E-state index is 0.102. The fourth-order valence-electron chi connectivity index (χ4n) is 6.18. The van der Waals surface area contributed by atoms with E-state index in [0.717, 1.165) is 61.8 Å². The highest BCUT2D eigenvalue weighted by Crippen LogP contribution is 2.55. The number of aromatic amines is 1. The lowest BCUT2D eigenvalue weighted by atomic mass is 9.83. The maximum atomic E-state index is 12.7. The minimum Gasteiger partial charge on any atom is -0.372 e. The highest BCUT2D eigenvalue weighted by Gasteiger charge is 2.38. The van der Waals surface area contributed by atoms with Crippen LogP contribution in [0.4, 0.5) is 0 Å². The van der Waals surface area contributed by atoms with Crippen LogP contribution in [0.1, 0.15) is 70.1 Å². The lowest BCUT2D eigenvalue weighted by Crippen LogP contribution is -2.17. The summed E-state index contributed by atoms with van der Waals surface area (Å²) in [5.41, 5.74) is 10.8. The van der Waals surface area contributed by atoms with Crippen LogP contribution < -0.4 is 16.1 Å². The van der Waals surface area contributed by atoms with Crippen molar-refractivity contribution in [1.82, 2.24) is 15.6 Å². The second-order valence-corrected chi connectivity index (χ2v) is 12.3. The average molecular weight is 608 g/mol. The Kier molecular flexibility index (Phi) is 7.53. The number of hydrogen-bond acceptors (Lipinski definition) is 3. The van der Waals surface area contributed by atoms with Gasteiger partial charge < -0.3 is 15.6 Å². The van der Waals surface area contributed by atoms with Crippen molar-refractivity contribution in [2.75, 3.05) is 6.67 Å². The third kappa shape index (κ3) is 5.25. The van der Waals surface area contributed by atoms with Crippen molar-refractivity contribution in [3.05, 3.63) is 96.7 Å². The molecule has 194 valence electrons. The predicted octanol–water partition coefficient (Wildman–Crippen LogP) is 7.78. The summed E-state index contributed by atoms with van der Waals surface area (Å²) >= 11 is 2.58. The van der Waals surface area contributed by atoms with Gasteiger partial charge in [0.15, 0.2) is 5.43 Å². The molecule has 37 heavy (non-hydrogen) atoms. The first-order chi connectivity index (χ1) is 17.8. The standard InChI is InChI=1S/C32H38IN3O/c1-5-21(30-18-34-19-35-30)8-7-9-28(33)24-12-11-23(26-16-32(4,6-2)17-27(24)26)22-10-13-29-25(15-22)31(37)14-20(3)36-29/h5,9-10,13-15,18,21,34-35H,1,6-8,11-12,16-17,19H2,2-4H3,(H,36,37)/b28-9-. The summed E-state index contributed by atoms with van der Waals surface area (Å²) in [6.07, 6.45) is 14.2. The molecule has 2 heterocycles. The van der Waals surface area contributed by atoms with Gasteiger partial charge in [-0.2, -0.15) is 0 Å². The van der Waals surface area contributed by atoms with Crippen LogP contribution in [0.5, 0.6) is 0 Å². The molecule has 2 unspecified atom stereocenters. The Bertz CT molecular complexity index is 1420. The smallest absolute Gasteiger partial charge is 0.189 e. The van der Waals surface area contributed by atoms with Crippen molar-refractivity contribution in [3.8, 4) is 0 Å². The van der Waals surface area contributed by atoms with Gasteiger partial charge in [-0.25, -0.2) is 0 Å². The molecular weight excluding hydrogens is 569 g/mol. The second kappa shape index (κ2) is 10.7. The SMILES string of the molecule is C=CC(CC/C=C(\I)C1=C2CC(C)(CC)CC2=C(c2ccc3[nH]c(C)cc(=O)c3c2)CC1)C1=CNCN1. The number of pyridine rings is 1. The van der Waals surface area contributed by atoms with Crippen LogP contribution in [0.25, 0.3) is 16.5 Å². The number of rotatable bonds is 8. The molecule has 1 aromatic carbocycles. The topological polar surface area (TPSA) is 56.9 Å². The third-order valence-electron chi connectivity index (χ3n) is 8.52. The number of fused-ring (bicyclic) bond motifs is 2. The molecule has 0 spiro atoms. The first kappa shape index (κ1) is 26.1. The van der Waals surface area contributed by atoms with Crippen molar-refractivity contribution < 1.29 is 0 Å². The molecule has 5 rings (SSSR count). The van der Waals surface area contributed by atoms with Crippen LogP contribution in [-0.2, 0) is 0 Å². The summed E-state index contributed by atoms with van der Waals surface area (Å²) in [6, 6.07) is 8.12. The lowest BCUT2D eigenvalue weighted by Gasteiger charge is -2.23. The van der Waals surface area contributed by atoms with Crippen LogP contribution in [0.3, 0.4) is 0 Å². The molecular formula is C32H38IN3O. The van der Waals surface area contributed by atoms with Crippen LogP contribution in [0, 0.1) is 18.3 Å². The monoisotopic (exact) mass is 607 g/mol. The first-order valence-electron chi connectivity index (χ1n) is 13.6. The van der Waals surface area contributed by atoms with Crippen LogP contribution in [-0.4, -0.2) is 11.7 Å². The number of hydrogen-bond donors (Lipinski definition) is 3. The van der Waals surface area contributed by atoms with Crippen molar-refractivity contribution in [2.24, 2.45) is 11.3 Å². The molecule has 0 saturated heterocycles. The van der Waals surface area contributed by atoms with E-state index in [1.54, 1.807) is 17.2 Å². The fraction of sp³-hybridized carbons (Fsp3) is 0.406. The van der Waals surface area contributed by atoms with Gasteiger partial charge in [0.25, 0.3) is 0 Å². The van der Waals surface area contributed by atoms with E-state index in [-0.39, 0.29) is 5.43 Å². The molecule has 0 amide bonds. The Balaban J connectivity index is 1.48. The first-order valence-corrected chi connectivity index (χ1v) is 14.6. The number of allylic oxidation sites excluding steroid dienone is 7. The predicted molar refractivity (Wildman–Crippen MR) is 164 cm³/mol. The Morgan fingerprint density at radius 3 is 2.73 bits per heavy atom. The van der Waals surface area contributed by atoms with Gasteiger partial charge in [0, 0.05) is 44.1 Å². The van der Waals surface area contributed by atoms with E-state index in [1.807, 2.05) is 6.92 Å². The summed E-state index contributed by atoms with van der Waals surface area (Å²) in [5, 5.41) is 7.44. The summed E-state index contributed by atoms with van der Waals surface area (Å²) in [6.45, 7) is 11.6. The summed E-state index contributed by atoms with van der Waals surface area (Å²) in [7, 11) is 0. The molecule has 3 aliphatic rings. The van der Waals surface area contributed by atoms with Gasteiger partial charge >= 0.3 is 0 Å². The zero-order chi connectivity index (χ0) is 26.2. The third-order valence-corrected chi connectivity index (χ3v) is 9.61. The maximum Gasteiger partial charge on any atom is 0.189 e. The van der Waals surface area contributed by atoms with Gasteiger partial charge in [-0.1, -0.05) is 38.5 Å². The van der Waals surface area contributed by atoms with Crippen molar-refractivity contribution >= 4 is 39.1 Å². The Labute approximate surface area is 234 Å².